The SMILES string of the molecule is COc1ccc(Sc2ccc(C(=O)O)cc2)c(C#N)c1. The number of rotatable bonds is 4. The van der Waals surface area contributed by atoms with Crippen LogP contribution in [-0.4, -0.2) is 18.2 Å². The lowest BCUT2D eigenvalue weighted by Gasteiger charge is -2.06. The Labute approximate surface area is 120 Å². The molecule has 0 radical (unpaired) electrons. The molecule has 0 atom stereocenters. The summed E-state index contributed by atoms with van der Waals surface area (Å²) in [5, 5.41) is 18.0. The van der Waals surface area contributed by atoms with E-state index >= 15 is 0 Å². The lowest BCUT2D eigenvalue weighted by Crippen LogP contribution is -1.94. The Balaban J connectivity index is 2.26. The van der Waals surface area contributed by atoms with E-state index in [0.717, 1.165) is 9.79 Å². The van der Waals surface area contributed by atoms with Gasteiger partial charge in [0.2, 0.25) is 0 Å². The fourth-order valence-corrected chi connectivity index (χ4v) is 2.48. The molecule has 100 valence electrons. The highest BCUT2D eigenvalue weighted by atomic mass is 32.2. The highest BCUT2D eigenvalue weighted by molar-refractivity contribution is 7.99. The van der Waals surface area contributed by atoms with E-state index < -0.39 is 5.97 Å². The number of carboxylic acid groups (broad SMARTS) is 1. The Morgan fingerprint density at radius 3 is 2.50 bits per heavy atom. The molecule has 0 aliphatic rings. The standard InChI is InChI=1S/C15H11NO3S/c1-19-12-4-7-14(11(8-12)9-16)20-13-5-2-10(3-6-13)15(17)18/h2-8H,1H3,(H,17,18). The first kappa shape index (κ1) is 14.0. The predicted octanol–water partition coefficient (Wildman–Crippen LogP) is 3.42. The number of nitrogens with zero attached hydrogens (tertiary/aromatic N) is 1. The van der Waals surface area contributed by atoms with E-state index in [1.165, 1.54) is 11.8 Å². The van der Waals surface area contributed by atoms with Gasteiger partial charge in [0.15, 0.2) is 0 Å². The summed E-state index contributed by atoms with van der Waals surface area (Å²) in [5.41, 5.74) is 0.765. The minimum Gasteiger partial charge on any atom is -0.497 e. The smallest absolute Gasteiger partial charge is 0.335 e. The van der Waals surface area contributed by atoms with E-state index in [1.54, 1.807) is 43.5 Å². The topological polar surface area (TPSA) is 70.3 Å². The van der Waals surface area contributed by atoms with Crippen molar-refractivity contribution in [3.63, 3.8) is 0 Å². The number of carboxylic acids is 1. The number of hydrogen-bond acceptors (Lipinski definition) is 4. The summed E-state index contributed by atoms with van der Waals surface area (Å²) in [7, 11) is 1.55. The molecule has 0 aliphatic carbocycles. The second-order valence-corrected chi connectivity index (χ2v) is 5.02. The first-order valence-electron chi connectivity index (χ1n) is 5.73. The molecule has 1 N–H and O–H groups in total. The minimum atomic E-state index is -0.955. The van der Waals surface area contributed by atoms with E-state index in [-0.39, 0.29) is 5.56 Å². The summed E-state index contributed by atoms with van der Waals surface area (Å²) in [6.07, 6.45) is 0. The van der Waals surface area contributed by atoms with Crippen LogP contribution in [0.2, 0.25) is 0 Å². The van der Waals surface area contributed by atoms with Gasteiger partial charge in [-0.15, -0.1) is 0 Å². The maximum atomic E-state index is 10.8. The maximum absolute atomic E-state index is 10.8. The molecule has 4 nitrogen and oxygen atoms in total. The molecule has 0 fully saturated rings. The average Bonchev–Trinajstić information content (AvgIpc) is 2.48. The molecule has 0 saturated carbocycles. The number of carbonyl (C=O) groups is 1. The van der Waals surface area contributed by atoms with Crippen LogP contribution in [0, 0.1) is 11.3 Å². The van der Waals surface area contributed by atoms with Gasteiger partial charge in [-0.2, -0.15) is 5.26 Å². The van der Waals surface area contributed by atoms with Crippen LogP contribution in [0.5, 0.6) is 5.75 Å². The number of hydrogen-bond donors (Lipinski definition) is 1. The van der Waals surface area contributed by atoms with Crippen molar-refractivity contribution in [1.29, 1.82) is 5.26 Å². The number of methoxy groups -OCH3 is 1. The molecule has 0 aliphatic heterocycles. The van der Waals surface area contributed by atoms with Crippen molar-refractivity contribution in [3.8, 4) is 11.8 Å². The van der Waals surface area contributed by atoms with Gasteiger partial charge in [-0.3, -0.25) is 0 Å². The Hall–Kier alpha value is -2.45. The molecule has 20 heavy (non-hydrogen) atoms. The fourth-order valence-electron chi connectivity index (χ4n) is 1.60. The zero-order valence-electron chi connectivity index (χ0n) is 10.7. The van der Waals surface area contributed by atoms with Crippen LogP contribution in [0.1, 0.15) is 15.9 Å². The van der Waals surface area contributed by atoms with Crippen molar-refractivity contribution in [2.24, 2.45) is 0 Å². The molecule has 0 heterocycles. The molecule has 0 saturated heterocycles. The normalized spacial score (nSPS) is 9.80. The Kier molecular flexibility index (Phi) is 4.28. The van der Waals surface area contributed by atoms with E-state index in [4.69, 9.17) is 15.1 Å². The quantitative estimate of drug-likeness (QED) is 0.932. The predicted molar refractivity (Wildman–Crippen MR) is 75.2 cm³/mol. The van der Waals surface area contributed by atoms with Gasteiger partial charge in [-0.05, 0) is 42.5 Å². The lowest BCUT2D eigenvalue weighted by atomic mass is 10.2. The zero-order valence-corrected chi connectivity index (χ0v) is 11.5. The van der Waals surface area contributed by atoms with Crippen LogP contribution in [0.3, 0.4) is 0 Å². The molecule has 0 unspecified atom stereocenters. The number of ether oxygens (including phenoxy) is 1. The zero-order chi connectivity index (χ0) is 14.5. The van der Waals surface area contributed by atoms with E-state index in [2.05, 4.69) is 6.07 Å². The van der Waals surface area contributed by atoms with Gasteiger partial charge < -0.3 is 9.84 Å². The van der Waals surface area contributed by atoms with Crippen LogP contribution in [0.15, 0.2) is 52.3 Å². The second kappa shape index (κ2) is 6.13. The molecule has 5 heteroatoms. The highest BCUT2D eigenvalue weighted by Gasteiger charge is 2.07. The lowest BCUT2D eigenvalue weighted by molar-refractivity contribution is 0.0697. The van der Waals surface area contributed by atoms with Crippen molar-refractivity contribution in [2.75, 3.05) is 7.11 Å². The number of nitriles is 1. The van der Waals surface area contributed by atoms with Crippen molar-refractivity contribution in [3.05, 3.63) is 53.6 Å². The van der Waals surface area contributed by atoms with Gasteiger partial charge >= 0.3 is 5.97 Å². The highest BCUT2D eigenvalue weighted by Crippen LogP contribution is 2.32. The van der Waals surface area contributed by atoms with Crippen molar-refractivity contribution in [2.45, 2.75) is 9.79 Å². The molecule has 0 amide bonds. The molecule has 0 spiro atoms. The molecular formula is C15H11NO3S. The summed E-state index contributed by atoms with van der Waals surface area (Å²) in [6.45, 7) is 0. The van der Waals surface area contributed by atoms with Crippen molar-refractivity contribution >= 4 is 17.7 Å². The molecule has 0 aromatic heterocycles. The minimum absolute atomic E-state index is 0.240. The van der Waals surface area contributed by atoms with Crippen LogP contribution in [0.4, 0.5) is 0 Å². The van der Waals surface area contributed by atoms with Crippen molar-refractivity contribution < 1.29 is 14.6 Å². The molecule has 2 rings (SSSR count). The summed E-state index contributed by atoms with van der Waals surface area (Å²) in [6, 6.07) is 13.9. The van der Waals surface area contributed by atoms with Crippen molar-refractivity contribution in [1.82, 2.24) is 0 Å². The van der Waals surface area contributed by atoms with Crippen LogP contribution in [0.25, 0.3) is 0 Å². The number of aromatic carboxylic acids is 1. The first-order valence-corrected chi connectivity index (χ1v) is 6.55. The monoisotopic (exact) mass is 285 g/mol. The van der Waals surface area contributed by atoms with Crippen LogP contribution in [-0.2, 0) is 0 Å². The Morgan fingerprint density at radius 2 is 1.95 bits per heavy atom. The molecular weight excluding hydrogens is 274 g/mol. The van der Waals surface area contributed by atoms with Gasteiger partial charge in [0.1, 0.15) is 11.8 Å². The molecule has 2 aromatic carbocycles. The summed E-state index contributed by atoms with van der Waals surface area (Å²) >= 11 is 1.41. The molecule has 2 aromatic rings. The Bertz CT molecular complexity index is 675. The number of benzene rings is 2. The third kappa shape index (κ3) is 3.11. The largest absolute Gasteiger partial charge is 0.497 e. The molecule has 0 bridgehead atoms. The second-order valence-electron chi connectivity index (χ2n) is 3.91. The van der Waals surface area contributed by atoms with Gasteiger partial charge in [0.05, 0.1) is 18.2 Å². The maximum Gasteiger partial charge on any atom is 0.335 e. The van der Waals surface area contributed by atoms with Gasteiger partial charge in [-0.25, -0.2) is 4.79 Å². The third-order valence-electron chi connectivity index (χ3n) is 2.64. The van der Waals surface area contributed by atoms with Crippen LogP contribution < -0.4 is 4.74 Å². The van der Waals surface area contributed by atoms with Crippen LogP contribution >= 0.6 is 11.8 Å². The summed E-state index contributed by atoms with van der Waals surface area (Å²) in [4.78, 5) is 12.5. The van der Waals surface area contributed by atoms with E-state index in [0.29, 0.717) is 11.3 Å². The van der Waals surface area contributed by atoms with Gasteiger partial charge in [0.25, 0.3) is 0 Å². The Morgan fingerprint density at radius 1 is 1.25 bits per heavy atom. The first-order chi connectivity index (χ1) is 9.63. The fraction of sp³-hybridized carbons (Fsp3) is 0.0667. The summed E-state index contributed by atoms with van der Waals surface area (Å²) < 4.78 is 5.08. The van der Waals surface area contributed by atoms with E-state index in [1.807, 2.05) is 6.07 Å². The van der Waals surface area contributed by atoms with E-state index in [9.17, 15) is 4.79 Å². The van der Waals surface area contributed by atoms with Gasteiger partial charge in [0, 0.05) is 9.79 Å². The third-order valence-corrected chi connectivity index (χ3v) is 3.72. The average molecular weight is 285 g/mol. The van der Waals surface area contributed by atoms with Gasteiger partial charge in [-0.1, -0.05) is 11.8 Å². The summed E-state index contributed by atoms with van der Waals surface area (Å²) in [5.74, 6) is -0.323.